The van der Waals surface area contributed by atoms with E-state index in [0.29, 0.717) is 25.1 Å². The molecule has 42 heavy (non-hydrogen) atoms. The molecule has 0 bridgehead atoms. The largest absolute Gasteiger partial charge is 0.352 e. The van der Waals surface area contributed by atoms with Crippen LogP contribution in [-0.2, 0) is 32.6 Å². The summed E-state index contributed by atoms with van der Waals surface area (Å²) in [6.07, 6.45) is 6.13. The third-order valence-corrected chi connectivity index (χ3v) is 9.08. The van der Waals surface area contributed by atoms with Crippen molar-refractivity contribution in [2.24, 2.45) is 0 Å². The Hall–Kier alpha value is -3.65. The molecule has 224 valence electrons. The highest BCUT2D eigenvalue weighted by Gasteiger charge is 2.32. The molecule has 0 spiro atoms. The van der Waals surface area contributed by atoms with Crippen molar-refractivity contribution in [2.45, 2.75) is 77.4 Å². The fourth-order valence-corrected chi connectivity index (χ4v) is 6.56. The molecular weight excluding hydrogens is 546 g/mol. The van der Waals surface area contributed by atoms with Gasteiger partial charge in [-0.2, -0.15) is 0 Å². The minimum Gasteiger partial charge on any atom is -0.352 e. The monoisotopic (exact) mass is 589 g/mol. The Balaban J connectivity index is 1.58. The van der Waals surface area contributed by atoms with E-state index in [2.05, 4.69) is 5.32 Å². The quantitative estimate of drug-likeness (QED) is 0.283. The maximum atomic E-state index is 14.0. The number of nitrogens with one attached hydrogen (secondary N) is 1. The van der Waals surface area contributed by atoms with Gasteiger partial charge in [0.2, 0.25) is 21.8 Å². The second-order valence-corrected chi connectivity index (χ2v) is 13.4. The number of anilines is 1. The van der Waals surface area contributed by atoms with E-state index < -0.39 is 16.1 Å². The van der Waals surface area contributed by atoms with Crippen LogP contribution in [0, 0.1) is 13.8 Å². The third kappa shape index (κ3) is 8.92. The zero-order chi connectivity index (χ0) is 30.1. The van der Waals surface area contributed by atoms with Crippen LogP contribution in [0.15, 0.2) is 78.9 Å². The molecule has 1 fully saturated rings. The van der Waals surface area contributed by atoms with Gasteiger partial charge in [-0.05, 0) is 61.9 Å². The first kappa shape index (κ1) is 31.3. The summed E-state index contributed by atoms with van der Waals surface area (Å²) in [6, 6.07) is 24.6. The van der Waals surface area contributed by atoms with Crippen LogP contribution in [0.3, 0.4) is 0 Å². The summed E-state index contributed by atoms with van der Waals surface area (Å²) in [5.41, 5.74) is 4.58. The average molecular weight is 590 g/mol. The molecule has 0 saturated heterocycles. The molecule has 4 rings (SSSR count). The molecule has 0 radical (unpaired) electrons. The van der Waals surface area contributed by atoms with E-state index in [-0.39, 0.29) is 30.8 Å². The molecule has 1 aliphatic carbocycles. The molecule has 1 aliphatic rings. The van der Waals surface area contributed by atoms with Gasteiger partial charge in [-0.15, -0.1) is 0 Å². The summed E-state index contributed by atoms with van der Waals surface area (Å²) >= 11 is 0. The van der Waals surface area contributed by atoms with Gasteiger partial charge in [0, 0.05) is 32.0 Å². The van der Waals surface area contributed by atoms with E-state index in [1.54, 1.807) is 11.0 Å². The molecule has 3 aromatic carbocycles. The van der Waals surface area contributed by atoms with Gasteiger partial charge in [-0.25, -0.2) is 8.42 Å². The Labute approximate surface area is 251 Å². The van der Waals surface area contributed by atoms with E-state index >= 15 is 0 Å². The summed E-state index contributed by atoms with van der Waals surface area (Å²) in [5.74, 6) is -0.306. The van der Waals surface area contributed by atoms with Crippen molar-refractivity contribution >= 4 is 27.5 Å². The van der Waals surface area contributed by atoms with Crippen LogP contribution in [0.25, 0.3) is 0 Å². The highest BCUT2D eigenvalue weighted by Crippen LogP contribution is 2.22. The Morgan fingerprint density at radius 1 is 0.881 bits per heavy atom. The van der Waals surface area contributed by atoms with Gasteiger partial charge in [0.1, 0.15) is 6.04 Å². The van der Waals surface area contributed by atoms with Crippen LogP contribution in [0.4, 0.5) is 5.69 Å². The van der Waals surface area contributed by atoms with Crippen LogP contribution in [0.5, 0.6) is 0 Å². The van der Waals surface area contributed by atoms with Crippen LogP contribution in [-0.4, -0.2) is 50.0 Å². The number of hydrogen-bond donors (Lipinski definition) is 1. The maximum Gasteiger partial charge on any atom is 0.243 e. The number of carbonyl (C=O) groups excluding carboxylic acids is 2. The second kappa shape index (κ2) is 14.5. The highest BCUT2D eigenvalue weighted by molar-refractivity contribution is 7.92. The highest BCUT2D eigenvalue weighted by atomic mass is 32.2. The number of nitrogens with zero attached hydrogens (tertiary/aromatic N) is 2. The molecule has 0 aromatic heterocycles. The maximum absolute atomic E-state index is 14.0. The van der Waals surface area contributed by atoms with Gasteiger partial charge in [-0.1, -0.05) is 85.1 Å². The lowest BCUT2D eigenvalue weighted by Crippen LogP contribution is -2.52. The van der Waals surface area contributed by atoms with Gasteiger partial charge in [0.05, 0.1) is 11.9 Å². The number of amides is 2. The van der Waals surface area contributed by atoms with Crippen molar-refractivity contribution in [1.29, 1.82) is 0 Å². The summed E-state index contributed by atoms with van der Waals surface area (Å²) in [6.45, 7) is 4.40. The van der Waals surface area contributed by atoms with Crippen molar-refractivity contribution in [3.63, 3.8) is 0 Å². The first-order chi connectivity index (χ1) is 20.1. The van der Waals surface area contributed by atoms with E-state index in [1.807, 2.05) is 86.6 Å². The molecule has 0 aliphatic heterocycles. The molecule has 3 aromatic rings. The number of hydrogen-bond acceptors (Lipinski definition) is 4. The van der Waals surface area contributed by atoms with E-state index in [1.165, 1.54) is 10.6 Å². The van der Waals surface area contributed by atoms with E-state index in [4.69, 9.17) is 0 Å². The van der Waals surface area contributed by atoms with Crippen molar-refractivity contribution in [1.82, 2.24) is 10.2 Å². The molecule has 2 amide bonds. The number of carbonyl (C=O) groups is 2. The second-order valence-electron chi connectivity index (χ2n) is 11.5. The Bertz CT molecular complexity index is 1440. The Morgan fingerprint density at radius 2 is 1.57 bits per heavy atom. The molecule has 1 N–H and O–H groups in total. The molecule has 7 nitrogen and oxygen atoms in total. The topological polar surface area (TPSA) is 86.8 Å². The van der Waals surface area contributed by atoms with Gasteiger partial charge in [0.15, 0.2) is 0 Å². The van der Waals surface area contributed by atoms with Gasteiger partial charge in [-0.3, -0.25) is 13.9 Å². The first-order valence-electron chi connectivity index (χ1n) is 14.8. The Morgan fingerprint density at radius 3 is 2.21 bits per heavy atom. The normalized spacial score (nSPS) is 14.4. The SMILES string of the molecule is Cc1ccc(CN(C(=O)CCCN(c2cccc(C)c2)S(C)(=O)=O)[C@@H](Cc2ccccc2)C(=O)NC2CCCC2)cc1. The number of rotatable bonds is 13. The molecule has 1 saturated carbocycles. The fraction of sp³-hybridized carbons (Fsp3) is 0.412. The lowest BCUT2D eigenvalue weighted by molar-refractivity contribution is -0.141. The van der Waals surface area contributed by atoms with Gasteiger partial charge in [0.25, 0.3) is 0 Å². The predicted molar refractivity (Wildman–Crippen MR) is 169 cm³/mol. The van der Waals surface area contributed by atoms with Crippen molar-refractivity contribution in [2.75, 3.05) is 17.1 Å². The van der Waals surface area contributed by atoms with Crippen LogP contribution < -0.4 is 9.62 Å². The van der Waals surface area contributed by atoms with Crippen molar-refractivity contribution in [3.05, 3.63) is 101 Å². The zero-order valence-electron chi connectivity index (χ0n) is 25.0. The molecular formula is C34H43N3O4S. The summed E-state index contributed by atoms with van der Waals surface area (Å²) < 4.78 is 26.7. The summed E-state index contributed by atoms with van der Waals surface area (Å²) in [5, 5.41) is 3.23. The number of aryl methyl sites for hydroxylation is 2. The third-order valence-electron chi connectivity index (χ3n) is 7.89. The van der Waals surface area contributed by atoms with Crippen LogP contribution in [0.1, 0.15) is 60.8 Å². The van der Waals surface area contributed by atoms with E-state index in [9.17, 15) is 18.0 Å². The molecule has 8 heteroatoms. The smallest absolute Gasteiger partial charge is 0.243 e. The minimum absolute atomic E-state index is 0.117. The van der Waals surface area contributed by atoms with Crippen molar-refractivity contribution < 1.29 is 18.0 Å². The van der Waals surface area contributed by atoms with Crippen LogP contribution in [0.2, 0.25) is 0 Å². The number of sulfonamides is 1. The number of benzene rings is 3. The van der Waals surface area contributed by atoms with Gasteiger partial charge < -0.3 is 10.2 Å². The molecule has 0 unspecified atom stereocenters. The predicted octanol–water partition coefficient (Wildman–Crippen LogP) is 5.55. The fourth-order valence-electron chi connectivity index (χ4n) is 5.60. The average Bonchev–Trinajstić information content (AvgIpc) is 3.47. The van der Waals surface area contributed by atoms with Gasteiger partial charge >= 0.3 is 0 Å². The standard InChI is InChI=1S/C34H43N3O4S/c1-26-18-20-29(21-19-26)25-36(32(24-28-12-5-4-6-13-28)34(39)35-30-14-7-8-15-30)33(38)17-10-22-37(42(3,40)41)31-16-9-11-27(2)23-31/h4-6,9,11-13,16,18-21,23,30,32H,7-8,10,14-15,17,22,24-25H2,1-3H3,(H,35,39)/t32-/m0/s1. The molecule has 0 heterocycles. The molecule has 1 atom stereocenters. The lowest BCUT2D eigenvalue weighted by atomic mass is 10.0. The summed E-state index contributed by atoms with van der Waals surface area (Å²) in [4.78, 5) is 29.5. The van der Waals surface area contributed by atoms with Crippen LogP contribution >= 0.6 is 0 Å². The Kier molecular flexibility index (Phi) is 10.8. The van der Waals surface area contributed by atoms with E-state index in [0.717, 1.165) is 47.9 Å². The zero-order valence-corrected chi connectivity index (χ0v) is 25.8. The lowest BCUT2D eigenvalue weighted by Gasteiger charge is -2.33. The minimum atomic E-state index is -3.55. The van der Waals surface area contributed by atoms with Crippen molar-refractivity contribution in [3.8, 4) is 0 Å². The summed E-state index contributed by atoms with van der Waals surface area (Å²) in [7, 11) is -3.55. The first-order valence-corrected chi connectivity index (χ1v) is 16.7.